The molecular formula is C28H29N5OS. The number of hydrogen-bond donors (Lipinski definition) is 1. The van der Waals surface area contributed by atoms with E-state index in [1.807, 2.05) is 23.9 Å². The first-order chi connectivity index (χ1) is 17.0. The average Bonchev–Trinajstić information content (AvgIpc) is 3.35. The van der Waals surface area contributed by atoms with E-state index in [2.05, 4.69) is 54.6 Å². The number of benzene rings is 2. The van der Waals surface area contributed by atoms with Crippen LogP contribution in [-0.2, 0) is 33.0 Å². The number of hydrogen-bond acceptors (Lipinski definition) is 5. The largest absolute Gasteiger partial charge is 0.309 e. The van der Waals surface area contributed by atoms with E-state index in [0.29, 0.717) is 12.6 Å². The van der Waals surface area contributed by atoms with Gasteiger partial charge in [0, 0.05) is 35.8 Å². The molecule has 6 nitrogen and oxygen atoms in total. The third-order valence-electron chi connectivity index (χ3n) is 7.48. The highest BCUT2D eigenvalue weighted by Gasteiger charge is 2.25. The molecule has 6 rings (SSSR count). The van der Waals surface area contributed by atoms with Crippen LogP contribution >= 0.6 is 11.3 Å². The summed E-state index contributed by atoms with van der Waals surface area (Å²) in [7, 11) is 2.00. The lowest BCUT2D eigenvalue weighted by atomic mass is 9.93. The Balaban J connectivity index is 1.26. The van der Waals surface area contributed by atoms with E-state index < -0.39 is 0 Å². The lowest BCUT2D eigenvalue weighted by molar-refractivity contribution is 0.461. The zero-order chi connectivity index (χ0) is 24.1. The molecule has 0 fully saturated rings. The van der Waals surface area contributed by atoms with Crippen LogP contribution < -0.4 is 10.9 Å². The van der Waals surface area contributed by atoms with Crippen molar-refractivity contribution in [2.45, 2.75) is 52.2 Å². The average molecular weight is 484 g/mol. The summed E-state index contributed by atoms with van der Waals surface area (Å²) < 4.78 is 3.72. The van der Waals surface area contributed by atoms with Crippen molar-refractivity contribution >= 4 is 32.3 Å². The second kappa shape index (κ2) is 8.73. The first-order valence-corrected chi connectivity index (χ1v) is 13.0. The van der Waals surface area contributed by atoms with Crippen LogP contribution in [-0.4, -0.2) is 25.4 Å². The Labute approximate surface area is 208 Å². The number of aryl methyl sites for hydroxylation is 3. The molecule has 2 aromatic carbocycles. The van der Waals surface area contributed by atoms with Gasteiger partial charge in [0.2, 0.25) is 0 Å². The van der Waals surface area contributed by atoms with E-state index in [0.717, 1.165) is 47.3 Å². The van der Waals surface area contributed by atoms with E-state index in [4.69, 9.17) is 4.98 Å². The summed E-state index contributed by atoms with van der Waals surface area (Å²) in [5.41, 5.74) is 6.01. The van der Waals surface area contributed by atoms with Crippen molar-refractivity contribution in [3.63, 3.8) is 0 Å². The fourth-order valence-electron chi connectivity index (χ4n) is 5.42. The minimum atomic E-state index is 0.0773. The number of thiophene rings is 1. The topological polar surface area (TPSA) is 64.7 Å². The smallest absolute Gasteiger partial charge is 0.262 e. The van der Waals surface area contributed by atoms with Crippen LogP contribution in [0.3, 0.4) is 0 Å². The van der Waals surface area contributed by atoms with Crippen LogP contribution in [0.5, 0.6) is 0 Å². The molecule has 178 valence electrons. The van der Waals surface area contributed by atoms with Crippen molar-refractivity contribution < 1.29 is 0 Å². The van der Waals surface area contributed by atoms with Gasteiger partial charge >= 0.3 is 0 Å². The lowest BCUT2D eigenvalue weighted by Crippen LogP contribution is -2.34. The minimum Gasteiger partial charge on any atom is -0.309 e. The highest BCUT2D eigenvalue weighted by atomic mass is 32.1. The molecule has 7 heteroatoms. The Hall–Kier alpha value is -3.29. The molecule has 3 heterocycles. The van der Waals surface area contributed by atoms with E-state index in [1.165, 1.54) is 32.5 Å². The normalized spacial score (nSPS) is 15.7. The van der Waals surface area contributed by atoms with Crippen molar-refractivity contribution in [3.05, 3.63) is 92.1 Å². The van der Waals surface area contributed by atoms with E-state index in [-0.39, 0.29) is 5.56 Å². The molecule has 5 aromatic rings. The van der Waals surface area contributed by atoms with Gasteiger partial charge in [0.25, 0.3) is 5.56 Å². The molecule has 1 atom stereocenters. The van der Waals surface area contributed by atoms with E-state index in [9.17, 15) is 4.79 Å². The van der Waals surface area contributed by atoms with Crippen molar-refractivity contribution in [3.8, 4) is 0 Å². The Morgan fingerprint density at radius 3 is 2.80 bits per heavy atom. The number of fused-ring (bicyclic) bond motifs is 4. The van der Waals surface area contributed by atoms with Crippen LogP contribution in [0.4, 0.5) is 0 Å². The molecule has 0 aliphatic heterocycles. The van der Waals surface area contributed by atoms with Crippen LogP contribution in [0.1, 0.15) is 39.4 Å². The molecule has 0 saturated heterocycles. The maximum atomic E-state index is 13.6. The minimum absolute atomic E-state index is 0.0773. The van der Waals surface area contributed by atoms with Crippen LogP contribution in [0.25, 0.3) is 21.0 Å². The Kier molecular flexibility index (Phi) is 5.54. The fourth-order valence-corrected chi connectivity index (χ4v) is 6.68. The van der Waals surface area contributed by atoms with Gasteiger partial charge in [-0.2, -0.15) is 5.10 Å². The van der Waals surface area contributed by atoms with Crippen LogP contribution in [0.15, 0.2) is 53.6 Å². The van der Waals surface area contributed by atoms with Gasteiger partial charge in [0.05, 0.1) is 24.0 Å². The Bertz CT molecular complexity index is 1620. The van der Waals surface area contributed by atoms with Crippen molar-refractivity contribution in [1.29, 1.82) is 0 Å². The summed E-state index contributed by atoms with van der Waals surface area (Å²) in [6.07, 6.45) is 4.59. The maximum absolute atomic E-state index is 13.6. The third-order valence-corrected chi connectivity index (χ3v) is 8.65. The zero-order valence-electron chi connectivity index (χ0n) is 20.3. The maximum Gasteiger partial charge on any atom is 0.262 e. The SMILES string of the molecule is Cc1nn(C)c(C)c1CNC1CCc2c(sc3ncn(Cc4cccc5ccccc45)c(=O)c23)C1. The second-order valence-electron chi connectivity index (χ2n) is 9.59. The van der Waals surface area contributed by atoms with E-state index >= 15 is 0 Å². The highest BCUT2D eigenvalue weighted by molar-refractivity contribution is 7.18. The molecule has 1 N–H and O–H groups in total. The standard InChI is InChI=1S/C28H29N5OS/c1-17-24(18(2)32(3)31-17)14-29-21-11-12-23-25(13-21)35-27-26(23)28(34)33(16-30-27)15-20-9-6-8-19-7-4-5-10-22(19)20/h4-10,16,21,29H,11-15H2,1-3H3. The first kappa shape index (κ1) is 22.2. The second-order valence-corrected chi connectivity index (χ2v) is 10.7. The van der Waals surface area contributed by atoms with Gasteiger partial charge < -0.3 is 5.32 Å². The quantitative estimate of drug-likeness (QED) is 0.395. The van der Waals surface area contributed by atoms with Gasteiger partial charge in [0.1, 0.15) is 4.83 Å². The Morgan fingerprint density at radius 2 is 1.97 bits per heavy atom. The number of nitrogens with one attached hydrogen (secondary N) is 1. The molecule has 35 heavy (non-hydrogen) atoms. The van der Waals surface area contributed by atoms with Gasteiger partial charge in [-0.3, -0.25) is 14.0 Å². The molecule has 0 spiro atoms. The number of nitrogens with zero attached hydrogens (tertiary/aromatic N) is 4. The summed E-state index contributed by atoms with van der Waals surface area (Å²) in [6.45, 7) is 5.55. The molecule has 0 radical (unpaired) electrons. The van der Waals surface area contributed by atoms with Gasteiger partial charge in [-0.05, 0) is 55.0 Å². The van der Waals surface area contributed by atoms with Gasteiger partial charge in [-0.1, -0.05) is 42.5 Å². The molecule has 1 aliphatic rings. The number of rotatable bonds is 5. The van der Waals surface area contributed by atoms with Crippen molar-refractivity contribution in [2.24, 2.45) is 7.05 Å². The summed E-state index contributed by atoms with van der Waals surface area (Å²) >= 11 is 1.69. The van der Waals surface area contributed by atoms with Crippen molar-refractivity contribution in [1.82, 2.24) is 24.6 Å². The monoisotopic (exact) mass is 483 g/mol. The first-order valence-electron chi connectivity index (χ1n) is 12.2. The fraction of sp³-hybridized carbons (Fsp3) is 0.321. The molecule has 0 saturated carbocycles. The summed E-state index contributed by atoms with van der Waals surface area (Å²) in [6, 6.07) is 15.0. The van der Waals surface area contributed by atoms with Gasteiger partial charge in [-0.25, -0.2) is 4.98 Å². The number of aromatic nitrogens is 4. The molecular weight excluding hydrogens is 454 g/mol. The summed E-state index contributed by atoms with van der Waals surface area (Å²) in [5, 5.41) is 11.5. The molecule has 1 aliphatic carbocycles. The molecule has 0 amide bonds. The predicted molar refractivity (Wildman–Crippen MR) is 142 cm³/mol. The summed E-state index contributed by atoms with van der Waals surface area (Å²) in [5.74, 6) is 0. The van der Waals surface area contributed by atoms with Crippen LogP contribution in [0.2, 0.25) is 0 Å². The molecule has 0 bridgehead atoms. The third kappa shape index (κ3) is 3.89. The van der Waals surface area contributed by atoms with E-state index in [1.54, 1.807) is 22.2 Å². The van der Waals surface area contributed by atoms with Crippen LogP contribution in [0, 0.1) is 13.8 Å². The Morgan fingerprint density at radius 1 is 1.14 bits per heavy atom. The predicted octanol–water partition coefficient (Wildman–Crippen LogP) is 4.66. The molecule has 1 unspecified atom stereocenters. The van der Waals surface area contributed by atoms with Gasteiger partial charge in [-0.15, -0.1) is 11.3 Å². The van der Waals surface area contributed by atoms with Crippen molar-refractivity contribution in [2.75, 3.05) is 0 Å². The summed E-state index contributed by atoms with van der Waals surface area (Å²) in [4.78, 5) is 20.5. The lowest BCUT2D eigenvalue weighted by Gasteiger charge is -2.23. The van der Waals surface area contributed by atoms with Gasteiger partial charge in [0.15, 0.2) is 0 Å². The highest BCUT2D eigenvalue weighted by Crippen LogP contribution is 2.34. The molecule has 3 aromatic heterocycles. The zero-order valence-corrected chi connectivity index (χ0v) is 21.2.